The number of methoxy groups -OCH3 is 1. The number of anilines is 1. The molecule has 1 amide bonds. The third-order valence-electron chi connectivity index (χ3n) is 5.21. The molecule has 0 fully saturated rings. The molecule has 0 aliphatic carbocycles. The quantitative estimate of drug-likeness (QED) is 0.383. The van der Waals surface area contributed by atoms with Gasteiger partial charge in [0.05, 0.1) is 18.2 Å². The number of rotatable bonds is 8. The van der Waals surface area contributed by atoms with Gasteiger partial charge in [-0.3, -0.25) is 4.79 Å². The van der Waals surface area contributed by atoms with Gasteiger partial charge in [-0.1, -0.05) is 25.5 Å². The van der Waals surface area contributed by atoms with Crippen molar-refractivity contribution in [3.63, 3.8) is 0 Å². The lowest BCUT2D eigenvalue weighted by molar-refractivity contribution is -0.274. The predicted molar refractivity (Wildman–Crippen MR) is 123 cm³/mol. The highest BCUT2D eigenvalue weighted by Crippen LogP contribution is 2.36. The zero-order valence-corrected chi connectivity index (χ0v) is 18.9. The Hall–Kier alpha value is -4.09. The van der Waals surface area contributed by atoms with E-state index in [1.165, 1.54) is 23.8 Å². The number of para-hydroxylation sites is 1. The molecule has 0 spiro atoms. The Morgan fingerprint density at radius 1 is 1.23 bits per heavy atom. The van der Waals surface area contributed by atoms with Crippen LogP contribution in [0.25, 0.3) is 27.9 Å². The number of hydrogen-bond acceptors (Lipinski definition) is 7. The van der Waals surface area contributed by atoms with E-state index in [0.717, 1.165) is 6.07 Å². The smallest absolute Gasteiger partial charge is 0.497 e. The highest BCUT2D eigenvalue weighted by Gasteiger charge is 2.33. The summed E-state index contributed by atoms with van der Waals surface area (Å²) in [7, 11) is 1.04. The van der Waals surface area contributed by atoms with Gasteiger partial charge in [0.1, 0.15) is 17.5 Å². The number of nitrogens with zero attached hydrogens (tertiary/aromatic N) is 4. The second-order valence-electron chi connectivity index (χ2n) is 7.56. The van der Waals surface area contributed by atoms with Crippen molar-refractivity contribution in [3.8, 4) is 22.9 Å². The number of carbonyl (C=O) groups excluding carboxylic acids is 1. The van der Waals surface area contributed by atoms with Gasteiger partial charge in [0.25, 0.3) is 0 Å². The Morgan fingerprint density at radius 2 is 2.03 bits per heavy atom. The van der Waals surface area contributed by atoms with Gasteiger partial charge in [-0.2, -0.15) is 4.52 Å². The lowest BCUT2D eigenvalue weighted by atomic mass is 10.1. The summed E-state index contributed by atoms with van der Waals surface area (Å²) in [5.74, 6) is -0.609. The maximum Gasteiger partial charge on any atom is 0.573 e. The molecule has 0 aliphatic rings. The molecule has 0 unspecified atom stereocenters. The molecule has 2 heterocycles. The van der Waals surface area contributed by atoms with E-state index in [1.807, 2.05) is 6.92 Å². The first kappa shape index (κ1) is 22.7. The van der Waals surface area contributed by atoms with E-state index in [1.54, 1.807) is 24.3 Å². The SMILES string of the molecule is [2H]CNC(=O)[C@H](CCC)Nc1nc2ccccc2c2nc(-c3ccc(OC)cc3OC(F)(F)F)nn12. The van der Waals surface area contributed by atoms with E-state index in [2.05, 4.69) is 30.4 Å². The number of halogens is 3. The van der Waals surface area contributed by atoms with Crippen LogP contribution in [-0.4, -0.2) is 52.0 Å². The lowest BCUT2D eigenvalue weighted by Gasteiger charge is -2.17. The topological polar surface area (TPSA) is 103 Å². The third kappa shape index (κ3) is 5.05. The van der Waals surface area contributed by atoms with E-state index in [4.69, 9.17) is 6.11 Å². The first-order chi connectivity index (χ1) is 17.2. The monoisotopic (exact) mass is 489 g/mol. The number of ether oxygens (including phenoxy) is 2. The van der Waals surface area contributed by atoms with Crippen molar-refractivity contribution in [1.82, 2.24) is 24.9 Å². The summed E-state index contributed by atoms with van der Waals surface area (Å²) in [6.07, 6.45) is -3.82. The summed E-state index contributed by atoms with van der Waals surface area (Å²) in [5.41, 5.74) is 0.857. The van der Waals surface area contributed by atoms with Crippen molar-refractivity contribution in [2.75, 3.05) is 19.5 Å². The normalized spacial score (nSPS) is 12.9. The Labute approximate surface area is 199 Å². The van der Waals surface area contributed by atoms with Gasteiger partial charge >= 0.3 is 6.36 Å². The fraction of sp³-hybridized carbons (Fsp3) is 0.304. The van der Waals surface area contributed by atoms with E-state index in [-0.39, 0.29) is 36.0 Å². The van der Waals surface area contributed by atoms with Crippen LogP contribution in [0.4, 0.5) is 19.1 Å². The van der Waals surface area contributed by atoms with Crippen LogP contribution < -0.4 is 20.1 Å². The van der Waals surface area contributed by atoms with E-state index >= 15 is 0 Å². The maximum atomic E-state index is 13.1. The van der Waals surface area contributed by atoms with Crippen molar-refractivity contribution >= 4 is 28.4 Å². The van der Waals surface area contributed by atoms with E-state index in [9.17, 15) is 18.0 Å². The van der Waals surface area contributed by atoms with Gasteiger partial charge in [-0.15, -0.1) is 18.3 Å². The van der Waals surface area contributed by atoms with Crippen LogP contribution in [0.3, 0.4) is 0 Å². The summed E-state index contributed by atoms with van der Waals surface area (Å²) in [4.78, 5) is 21.6. The Kier molecular flexibility index (Phi) is 6.25. The molecule has 0 aliphatic heterocycles. The van der Waals surface area contributed by atoms with Crippen LogP contribution in [0.1, 0.15) is 21.1 Å². The number of amides is 1. The van der Waals surface area contributed by atoms with E-state index in [0.29, 0.717) is 29.4 Å². The molecule has 0 radical (unpaired) electrons. The van der Waals surface area contributed by atoms with Gasteiger partial charge in [-0.05, 0) is 30.7 Å². The largest absolute Gasteiger partial charge is 0.573 e. The second kappa shape index (κ2) is 9.65. The molecule has 2 aromatic carbocycles. The lowest BCUT2D eigenvalue weighted by Crippen LogP contribution is -2.38. The maximum absolute atomic E-state index is 13.1. The Bertz CT molecular complexity index is 1400. The van der Waals surface area contributed by atoms with Gasteiger partial charge < -0.3 is 20.1 Å². The van der Waals surface area contributed by atoms with Crippen LogP contribution in [-0.2, 0) is 4.79 Å². The number of hydrogen-bond donors (Lipinski definition) is 2. The molecule has 2 N–H and O–H groups in total. The van der Waals surface area contributed by atoms with Gasteiger partial charge in [0.2, 0.25) is 11.9 Å². The Balaban J connectivity index is 1.89. The van der Waals surface area contributed by atoms with E-state index < -0.39 is 18.2 Å². The fourth-order valence-corrected chi connectivity index (χ4v) is 3.62. The molecule has 4 aromatic rings. The molecule has 35 heavy (non-hydrogen) atoms. The highest BCUT2D eigenvalue weighted by atomic mass is 19.4. The first-order valence-electron chi connectivity index (χ1n) is 11.4. The minimum absolute atomic E-state index is 0.0103. The molecule has 0 saturated heterocycles. The fourth-order valence-electron chi connectivity index (χ4n) is 3.62. The molecule has 9 nitrogen and oxygen atoms in total. The summed E-state index contributed by atoms with van der Waals surface area (Å²) in [6.45, 7) is 1.91. The van der Waals surface area contributed by atoms with Crippen LogP contribution in [0.2, 0.25) is 0 Å². The van der Waals surface area contributed by atoms with Crippen molar-refractivity contribution < 1.29 is 28.8 Å². The number of alkyl halides is 3. The molecular formula is C23H23F3N6O3. The number of nitrogens with one attached hydrogen (secondary N) is 2. The molecule has 0 bridgehead atoms. The summed E-state index contributed by atoms with van der Waals surface area (Å²) in [6, 6.07) is 10.3. The zero-order valence-electron chi connectivity index (χ0n) is 19.9. The number of likely N-dealkylation sites (N-methyl/N-ethyl adjacent to an activating group) is 1. The first-order valence-corrected chi connectivity index (χ1v) is 10.7. The van der Waals surface area contributed by atoms with Gasteiger partial charge in [0.15, 0.2) is 11.5 Å². The number of carbonyl (C=O) groups is 1. The van der Waals surface area contributed by atoms with Gasteiger partial charge in [0, 0.05) is 19.8 Å². The molecule has 12 heteroatoms. The summed E-state index contributed by atoms with van der Waals surface area (Å²) < 4.78 is 57.3. The standard InChI is InChI=1S/C23H23F3N6O3/c1-4-7-17(21(33)27-2)29-22-28-16-9-6-5-8-14(16)20-30-19(31-32(20)22)15-11-10-13(34-3)12-18(15)35-23(24,25)26/h5-6,8-12,17H,4,7H2,1-3H3,(H,27,33)(H,28,29)/t17-/m0/s1/i2D. The van der Waals surface area contributed by atoms with Crippen molar-refractivity contribution in [2.45, 2.75) is 32.2 Å². The number of aromatic nitrogens is 4. The molecule has 1 atom stereocenters. The highest BCUT2D eigenvalue weighted by molar-refractivity contribution is 5.93. The number of fused-ring (bicyclic) bond motifs is 3. The predicted octanol–water partition coefficient (Wildman–Crippen LogP) is 4.18. The van der Waals surface area contributed by atoms with Crippen LogP contribution >= 0.6 is 0 Å². The molecule has 4 rings (SSSR count). The average Bonchev–Trinajstić information content (AvgIpc) is 3.28. The van der Waals surface area contributed by atoms with Crippen molar-refractivity contribution in [1.29, 1.82) is 0 Å². The molecule has 2 aromatic heterocycles. The second-order valence-corrected chi connectivity index (χ2v) is 7.56. The molecular weight excluding hydrogens is 465 g/mol. The minimum Gasteiger partial charge on any atom is -0.497 e. The van der Waals surface area contributed by atoms with Crippen LogP contribution in [0.15, 0.2) is 42.5 Å². The van der Waals surface area contributed by atoms with Crippen LogP contribution in [0, 0.1) is 0 Å². The molecule has 0 saturated carbocycles. The van der Waals surface area contributed by atoms with Crippen LogP contribution in [0.5, 0.6) is 11.5 Å². The average molecular weight is 489 g/mol. The number of benzene rings is 2. The van der Waals surface area contributed by atoms with Gasteiger partial charge in [-0.25, -0.2) is 9.97 Å². The molecule has 184 valence electrons. The zero-order chi connectivity index (χ0) is 25.9. The summed E-state index contributed by atoms with van der Waals surface area (Å²) in [5, 5.41) is 10.6. The summed E-state index contributed by atoms with van der Waals surface area (Å²) >= 11 is 0. The van der Waals surface area contributed by atoms with Crippen molar-refractivity contribution in [3.05, 3.63) is 42.5 Å². The van der Waals surface area contributed by atoms with Crippen molar-refractivity contribution in [2.24, 2.45) is 0 Å². The third-order valence-corrected chi connectivity index (χ3v) is 5.21. The Morgan fingerprint density at radius 3 is 2.74 bits per heavy atom. The minimum atomic E-state index is -4.94.